The molecule has 0 aromatic heterocycles. The van der Waals surface area contributed by atoms with E-state index in [4.69, 9.17) is 23.2 Å². The monoisotopic (exact) mass is 601 g/mol. The molecule has 1 aliphatic carbocycles. The Morgan fingerprint density at radius 3 is 2.27 bits per heavy atom. The zero-order valence-electron chi connectivity index (χ0n) is 22.5. The Bertz CT molecular complexity index is 1460. The lowest BCUT2D eigenvalue weighted by Crippen LogP contribution is -2.52. The van der Waals surface area contributed by atoms with Gasteiger partial charge in [-0.05, 0) is 74.7 Å². The van der Waals surface area contributed by atoms with Gasteiger partial charge in [-0.1, -0.05) is 71.9 Å². The highest BCUT2D eigenvalue weighted by Gasteiger charge is 2.33. The molecule has 0 radical (unpaired) electrons. The summed E-state index contributed by atoms with van der Waals surface area (Å²) in [6.45, 7) is 3.24. The van der Waals surface area contributed by atoms with Crippen LogP contribution < -0.4 is 9.62 Å². The Morgan fingerprint density at radius 1 is 0.950 bits per heavy atom. The van der Waals surface area contributed by atoms with E-state index in [0.29, 0.717) is 10.0 Å². The molecule has 3 aromatic carbocycles. The van der Waals surface area contributed by atoms with Crippen LogP contribution in [0.15, 0.2) is 77.7 Å². The highest BCUT2D eigenvalue weighted by atomic mass is 35.5. The van der Waals surface area contributed by atoms with Crippen molar-refractivity contribution in [1.29, 1.82) is 0 Å². The summed E-state index contributed by atoms with van der Waals surface area (Å²) >= 11 is 12.2. The smallest absolute Gasteiger partial charge is 0.264 e. The topological polar surface area (TPSA) is 86.8 Å². The van der Waals surface area contributed by atoms with E-state index >= 15 is 0 Å². The molecule has 0 heterocycles. The molecule has 1 fully saturated rings. The molecule has 7 nitrogen and oxygen atoms in total. The van der Waals surface area contributed by atoms with Gasteiger partial charge in [-0.2, -0.15) is 0 Å². The normalized spacial score (nSPS) is 14.5. The second-order valence-electron chi connectivity index (χ2n) is 10.1. The van der Waals surface area contributed by atoms with Crippen molar-refractivity contribution in [1.82, 2.24) is 10.2 Å². The number of benzene rings is 3. The Balaban J connectivity index is 1.69. The summed E-state index contributed by atoms with van der Waals surface area (Å²) in [6.07, 6.45) is 3.93. The molecule has 3 aromatic rings. The van der Waals surface area contributed by atoms with Crippen molar-refractivity contribution in [3.8, 4) is 0 Å². The maximum absolute atomic E-state index is 14.0. The average Bonchev–Trinajstić information content (AvgIpc) is 3.43. The van der Waals surface area contributed by atoms with E-state index in [0.717, 1.165) is 41.1 Å². The number of rotatable bonds is 10. The number of amides is 2. The fraction of sp³-hybridized carbons (Fsp3) is 0.333. The summed E-state index contributed by atoms with van der Waals surface area (Å²) < 4.78 is 28.7. The molecule has 1 aliphatic rings. The van der Waals surface area contributed by atoms with Crippen molar-refractivity contribution < 1.29 is 18.0 Å². The third kappa shape index (κ3) is 7.36. The molecule has 10 heteroatoms. The summed E-state index contributed by atoms with van der Waals surface area (Å²) in [6, 6.07) is 19.0. The van der Waals surface area contributed by atoms with Crippen molar-refractivity contribution >= 4 is 50.7 Å². The molecule has 2 amide bonds. The fourth-order valence-corrected chi connectivity index (χ4v) is 6.59. The predicted molar refractivity (Wildman–Crippen MR) is 159 cm³/mol. The molecule has 0 aliphatic heterocycles. The zero-order chi connectivity index (χ0) is 28.9. The summed E-state index contributed by atoms with van der Waals surface area (Å²) in [5.74, 6) is -0.782. The van der Waals surface area contributed by atoms with E-state index in [1.165, 1.54) is 35.2 Å². The molecular weight excluding hydrogens is 569 g/mol. The quantitative estimate of drug-likeness (QED) is 0.310. The Morgan fingerprint density at radius 2 is 1.62 bits per heavy atom. The number of nitrogens with one attached hydrogen (secondary N) is 1. The standard InChI is InChI=1S/C30H33Cl2N3O4S/c1-21-7-5-8-23(17-21)19-34(22(2)30(37)33-26-10-3-4-11-26)29(36)20-35(27-12-6-9-25(32)18-27)40(38,39)28-15-13-24(31)14-16-28/h5-9,12-18,22,26H,3-4,10-11,19-20H2,1-2H3,(H,33,37). The molecule has 0 spiro atoms. The number of hydrogen-bond donors (Lipinski definition) is 1. The molecule has 0 bridgehead atoms. The van der Waals surface area contributed by atoms with Crippen LogP contribution in [0.25, 0.3) is 0 Å². The molecule has 1 atom stereocenters. The van der Waals surface area contributed by atoms with Gasteiger partial charge in [-0.15, -0.1) is 0 Å². The van der Waals surface area contributed by atoms with Crippen LogP contribution in [-0.2, 0) is 26.2 Å². The number of hydrogen-bond acceptors (Lipinski definition) is 4. The van der Waals surface area contributed by atoms with E-state index in [9.17, 15) is 18.0 Å². The Kier molecular flexibility index (Phi) is 9.77. The molecule has 1 saturated carbocycles. The summed E-state index contributed by atoms with van der Waals surface area (Å²) in [5, 5.41) is 3.78. The van der Waals surface area contributed by atoms with Crippen LogP contribution in [0.5, 0.6) is 0 Å². The molecule has 0 saturated heterocycles. The Labute approximate surface area is 246 Å². The SMILES string of the molecule is Cc1cccc(CN(C(=O)CN(c2cccc(Cl)c2)S(=O)(=O)c2ccc(Cl)cc2)C(C)C(=O)NC2CCCC2)c1. The van der Waals surface area contributed by atoms with Crippen molar-refractivity contribution in [2.45, 2.75) is 63.1 Å². The minimum absolute atomic E-state index is 0.0260. The van der Waals surface area contributed by atoms with E-state index in [2.05, 4.69) is 5.32 Å². The lowest BCUT2D eigenvalue weighted by atomic mass is 10.1. The largest absolute Gasteiger partial charge is 0.352 e. The van der Waals surface area contributed by atoms with Gasteiger partial charge < -0.3 is 10.2 Å². The van der Waals surface area contributed by atoms with E-state index in [1.807, 2.05) is 31.2 Å². The molecular formula is C30H33Cl2N3O4S. The highest BCUT2D eigenvalue weighted by Crippen LogP contribution is 2.28. The van der Waals surface area contributed by atoms with Crippen LogP contribution in [0.1, 0.15) is 43.7 Å². The second-order valence-corrected chi connectivity index (χ2v) is 12.9. The van der Waals surface area contributed by atoms with Gasteiger partial charge in [0.1, 0.15) is 12.6 Å². The minimum atomic E-state index is -4.19. The third-order valence-electron chi connectivity index (χ3n) is 7.08. The van der Waals surface area contributed by atoms with Gasteiger partial charge in [0, 0.05) is 22.6 Å². The van der Waals surface area contributed by atoms with Crippen molar-refractivity contribution in [2.24, 2.45) is 0 Å². The van der Waals surface area contributed by atoms with Crippen molar-refractivity contribution in [2.75, 3.05) is 10.8 Å². The average molecular weight is 603 g/mol. The maximum atomic E-state index is 14.0. The van der Waals surface area contributed by atoms with Gasteiger partial charge >= 0.3 is 0 Å². The molecule has 4 rings (SSSR count). The third-order valence-corrected chi connectivity index (χ3v) is 9.36. The van der Waals surface area contributed by atoms with Crippen LogP contribution in [0.2, 0.25) is 10.0 Å². The predicted octanol–water partition coefficient (Wildman–Crippen LogP) is 5.97. The van der Waals surface area contributed by atoms with Crippen LogP contribution in [0, 0.1) is 6.92 Å². The van der Waals surface area contributed by atoms with Gasteiger partial charge in [-0.25, -0.2) is 8.42 Å². The first-order chi connectivity index (χ1) is 19.0. The van der Waals surface area contributed by atoms with Crippen LogP contribution in [0.4, 0.5) is 5.69 Å². The Hall–Kier alpha value is -3.07. The zero-order valence-corrected chi connectivity index (χ0v) is 24.8. The van der Waals surface area contributed by atoms with Gasteiger partial charge in [0.05, 0.1) is 10.6 Å². The number of sulfonamides is 1. The number of carbonyl (C=O) groups excluding carboxylic acids is 2. The lowest BCUT2D eigenvalue weighted by Gasteiger charge is -2.32. The van der Waals surface area contributed by atoms with Crippen LogP contribution >= 0.6 is 23.2 Å². The first-order valence-electron chi connectivity index (χ1n) is 13.2. The van der Waals surface area contributed by atoms with E-state index in [1.54, 1.807) is 25.1 Å². The highest BCUT2D eigenvalue weighted by molar-refractivity contribution is 7.92. The summed E-state index contributed by atoms with van der Waals surface area (Å²) in [5.41, 5.74) is 2.08. The number of anilines is 1. The number of carbonyl (C=O) groups is 2. The fourth-order valence-electron chi connectivity index (χ4n) is 4.88. The summed E-state index contributed by atoms with van der Waals surface area (Å²) in [4.78, 5) is 28.7. The number of aryl methyl sites for hydroxylation is 1. The first-order valence-corrected chi connectivity index (χ1v) is 15.4. The molecule has 1 unspecified atom stereocenters. The van der Waals surface area contributed by atoms with Gasteiger partial charge in [0.15, 0.2) is 0 Å². The second kappa shape index (κ2) is 13.1. The lowest BCUT2D eigenvalue weighted by molar-refractivity contribution is -0.139. The summed E-state index contributed by atoms with van der Waals surface area (Å²) in [7, 11) is -4.19. The van der Waals surface area contributed by atoms with E-state index < -0.39 is 28.5 Å². The van der Waals surface area contributed by atoms with Crippen LogP contribution in [0.3, 0.4) is 0 Å². The van der Waals surface area contributed by atoms with Gasteiger partial charge in [-0.3, -0.25) is 13.9 Å². The van der Waals surface area contributed by atoms with Crippen molar-refractivity contribution in [3.63, 3.8) is 0 Å². The van der Waals surface area contributed by atoms with Gasteiger partial charge in [0.25, 0.3) is 10.0 Å². The minimum Gasteiger partial charge on any atom is -0.352 e. The number of nitrogens with zero attached hydrogens (tertiary/aromatic N) is 2. The van der Waals surface area contributed by atoms with Crippen LogP contribution in [-0.4, -0.2) is 43.8 Å². The molecule has 1 N–H and O–H groups in total. The first kappa shape index (κ1) is 29.9. The maximum Gasteiger partial charge on any atom is 0.264 e. The molecule has 212 valence electrons. The van der Waals surface area contributed by atoms with Gasteiger partial charge in [0.2, 0.25) is 11.8 Å². The van der Waals surface area contributed by atoms with E-state index in [-0.39, 0.29) is 29.1 Å². The number of halogens is 2. The molecule has 40 heavy (non-hydrogen) atoms. The van der Waals surface area contributed by atoms with Crippen molar-refractivity contribution in [3.05, 3.63) is 94.0 Å².